The molecule has 0 N–H and O–H groups in total. The Morgan fingerprint density at radius 3 is 2.50 bits per heavy atom. The molecule has 0 aliphatic carbocycles. The second-order valence-corrected chi connectivity index (χ2v) is 8.34. The van der Waals surface area contributed by atoms with Crippen molar-refractivity contribution in [3.05, 3.63) is 76.9 Å². The number of benzene rings is 2. The lowest BCUT2D eigenvalue weighted by Gasteiger charge is -2.07. The number of aromatic nitrogens is 1. The highest BCUT2D eigenvalue weighted by molar-refractivity contribution is 9.10. The van der Waals surface area contributed by atoms with Crippen LogP contribution in [-0.2, 0) is 26.0 Å². The molecular weight excluding hydrogens is 418 g/mol. The Morgan fingerprint density at radius 2 is 1.85 bits per heavy atom. The van der Waals surface area contributed by atoms with Crippen LogP contribution in [0, 0.1) is 0 Å². The zero-order valence-corrected chi connectivity index (χ0v) is 16.4. The van der Waals surface area contributed by atoms with Crippen LogP contribution < -0.4 is 0 Å². The number of ether oxygens (including phenoxy) is 1. The van der Waals surface area contributed by atoms with Gasteiger partial charge in [-0.15, -0.1) is 0 Å². The molecule has 0 spiro atoms. The van der Waals surface area contributed by atoms with Crippen molar-refractivity contribution in [1.29, 1.82) is 0 Å². The van der Waals surface area contributed by atoms with Crippen LogP contribution in [0.3, 0.4) is 0 Å². The molecule has 1 heterocycles. The minimum absolute atomic E-state index is 0.184. The van der Waals surface area contributed by atoms with Gasteiger partial charge in [0.15, 0.2) is 0 Å². The summed E-state index contributed by atoms with van der Waals surface area (Å²) >= 11 is 3.47. The molecule has 0 amide bonds. The van der Waals surface area contributed by atoms with E-state index in [0.29, 0.717) is 11.1 Å². The summed E-state index contributed by atoms with van der Waals surface area (Å²) in [6, 6.07) is 13.5. The fraction of sp³-hybridized carbons (Fsp3) is 0.105. The van der Waals surface area contributed by atoms with E-state index in [0.717, 1.165) is 9.86 Å². The number of carbonyl (C=O) groups excluding carboxylic acids is 1. The molecule has 7 heteroatoms. The first-order valence-corrected chi connectivity index (χ1v) is 9.94. The standard InChI is InChI=1S/C19H16BrNO4S/c1-13(19(22)25-2)11-14-12-21(17-10-6-9-16(20)18(14)17)26(23,24)15-7-4-3-5-8-15/h3-10,12H,1,11H2,2H3. The molecule has 134 valence electrons. The van der Waals surface area contributed by atoms with Crippen molar-refractivity contribution < 1.29 is 17.9 Å². The van der Waals surface area contributed by atoms with E-state index >= 15 is 0 Å². The van der Waals surface area contributed by atoms with Crippen LogP contribution in [0.2, 0.25) is 0 Å². The Bertz CT molecular complexity index is 1100. The molecule has 2 aromatic carbocycles. The Hall–Kier alpha value is -2.38. The SMILES string of the molecule is C=C(Cc1cn(S(=O)(=O)c2ccccc2)c2cccc(Br)c12)C(=O)OC. The highest BCUT2D eigenvalue weighted by Crippen LogP contribution is 2.32. The Labute approximate surface area is 160 Å². The van der Waals surface area contributed by atoms with Gasteiger partial charge in [-0.1, -0.05) is 46.8 Å². The van der Waals surface area contributed by atoms with Gasteiger partial charge in [-0.3, -0.25) is 0 Å². The molecule has 0 bridgehead atoms. The lowest BCUT2D eigenvalue weighted by atomic mass is 10.1. The number of carbonyl (C=O) groups is 1. The molecule has 5 nitrogen and oxygen atoms in total. The summed E-state index contributed by atoms with van der Waals surface area (Å²) in [6.07, 6.45) is 1.72. The number of hydrogen-bond acceptors (Lipinski definition) is 4. The topological polar surface area (TPSA) is 65.4 Å². The van der Waals surface area contributed by atoms with Crippen molar-refractivity contribution in [2.75, 3.05) is 7.11 Å². The van der Waals surface area contributed by atoms with Gasteiger partial charge in [0.2, 0.25) is 0 Å². The molecule has 0 atom stereocenters. The second kappa shape index (κ2) is 7.09. The molecule has 0 saturated heterocycles. The van der Waals surface area contributed by atoms with Gasteiger partial charge >= 0.3 is 5.97 Å². The summed E-state index contributed by atoms with van der Waals surface area (Å²) in [6.45, 7) is 3.74. The maximum Gasteiger partial charge on any atom is 0.333 e. The number of rotatable bonds is 5. The number of esters is 1. The molecular formula is C19H16BrNO4S. The minimum Gasteiger partial charge on any atom is -0.466 e. The molecule has 26 heavy (non-hydrogen) atoms. The van der Waals surface area contributed by atoms with Crippen molar-refractivity contribution in [3.8, 4) is 0 Å². The van der Waals surface area contributed by atoms with Gasteiger partial charge in [0.05, 0.1) is 17.5 Å². The summed E-state index contributed by atoms with van der Waals surface area (Å²) in [7, 11) is -2.49. The third kappa shape index (κ3) is 3.20. The van der Waals surface area contributed by atoms with Crippen LogP contribution in [0.5, 0.6) is 0 Å². The Morgan fingerprint density at radius 1 is 1.15 bits per heavy atom. The summed E-state index contributed by atoms with van der Waals surface area (Å²) in [5.41, 5.74) is 1.44. The summed E-state index contributed by atoms with van der Waals surface area (Å²) in [5, 5.41) is 0.719. The van der Waals surface area contributed by atoms with E-state index in [1.165, 1.54) is 17.3 Å². The maximum absolute atomic E-state index is 13.1. The quantitative estimate of drug-likeness (QED) is 0.451. The van der Waals surface area contributed by atoms with E-state index in [-0.39, 0.29) is 16.9 Å². The van der Waals surface area contributed by atoms with Crippen molar-refractivity contribution >= 4 is 42.8 Å². The zero-order chi connectivity index (χ0) is 18.9. The fourth-order valence-electron chi connectivity index (χ4n) is 2.78. The van der Waals surface area contributed by atoms with Crippen molar-refractivity contribution in [2.24, 2.45) is 0 Å². The van der Waals surface area contributed by atoms with Gasteiger partial charge in [-0.2, -0.15) is 0 Å². The first kappa shape index (κ1) is 18.4. The highest BCUT2D eigenvalue weighted by atomic mass is 79.9. The van der Waals surface area contributed by atoms with E-state index in [2.05, 4.69) is 22.5 Å². The lowest BCUT2D eigenvalue weighted by molar-refractivity contribution is -0.136. The lowest BCUT2D eigenvalue weighted by Crippen LogP contribution is -2.11. The van der Waals surface area contributed by atoms with Gasteiger partial charge in [-0.05, 0) is 29.8 Å². The Kier molecular flexibility index (Phi) is 5.02. The molecule has 0 fully saturated rings. The highest BCUT2D eigenvalue weighted by Gasteiger charge is 2.23. The normalized spacial score (nSPS) is 11.5. The third-order valence-electron chi connectivity index (χ3n) is 4.00. The van der Waals surface area contributed by atoms with Gasteiger partial charge in [-0.25, -0.2) is 17.2 Å². The van der Waals surface area contributed by atoms with E-state index < -0.39 is 16.0 Å². The molecule has 0 saturated carbocycles. The predicted molar refractivity (Wildman–Crippen MR) is 104 cm³/mol. The second-order valence-electron chi connectivity index (χ2n) is 5.67. The average molecular weight is 434 g/mol. The van der Waals surface area contributed by atoms with Crippen LogP contribution in [-0.4, -0.2) is 25.5 Å². The molecule has 0 aliphatic rings. The largest absolute Gasteiger partial charge is 0.466 e. The van der Waals surface area contributed by atoms with Crippen molar-refractivity contribution in [2.45, 2.75) is 11.3 Å². The molecule has 0 aliphatic heterocycles. The van der Waals surface area contributed by atoms with Gasteiger partial charge in [0, 0.05) is 28.0 Å². The summed E-state index contributed by atoms with van der Waals surface area (Å²) < 4.78 is 32.8. The molecule has 1 aromatic heterocycles. The van der Waals surface area contributed by atoms with E-state index in [1.54, 1.807) is 42.5 Å². The van der Waals surface area contributed by atoms with Gasteiger partial charge in [0.1, 0.15) is 0 Å². The number of fused-ring (bicyclic) bond motifs is 1. The monoisotopic (exact) mass is 433 g/mol. The first-order valence-electron chi connectivity index (χ1n) is 7.71. The Balaban J connectivity index is 2.21. The van der Waals surface area contributed by atoms with Crippen LogP contribution in [0.1, 0.15) is 5.56 Å². The van der Waals surface area contributed by atoms with Crippen LogP contribution >= 0.6 is 15.9 Å². The summed E-state index contributed by atoms with van der Waals surface area (Å²) in [4.78, 5) is 11.9. The smallest absolute Gasteiger partial charge is 0.333 e. The van der Waals surface area contributed by atoms with Crippen LogP contribution in [0.15, 0.2) is 76.2 Å². The molecule has 3 rings (SSSR count). The van der Waals surface area contributed by atoms with Gasteiger partial charge in [0.25, 0.3) is 10.0 Å². The van der Waals surface area contributed by atoms with E-state index in [9.17, 15) is 13.2 Å². The first-order chi connectivity index (χ1) is 12.4. The number of halogens is 1. The van der Waals surface area contributed by atoms with Gasteiger partial charge < -0.3 is 4.74 Å². The van der Waals surface area contributed by atoms with Crippen molar-refractivity contribution in [1.82, 2.24) is 3.97 Å². The van der Waals surface area contributed by atoms with Crippen molar-refractivity contribution in [3.63, 3.8) is 0 Å². The number of methoxy groups -OCH3 is 1. The van der Waals surface area contributed by atoms with E-state index in [1.807, 2.05) is 6.07 Å². The predicted octanol–water partition coefficient (Wildman–Crippen LogP) is 3.91. The molecule has 0 unspecified atom stereocenters. The minimum atomic E-state index is -3.77. The third-order valence-corrected chi connectivity index (χ3v) is 6.35. The zero-order valence-electron chi connectivity index (χ0n) is 14.0. The number of hydrogen-bond donors (Lipinski definition) is 0. The maximum atomic E-state index is 13.1. The summed E-state index contributed by atoms with van der Waals surface area (Å²) in [5.74, 6) is -0.524. The van der Waals surface area contributed by atoms with Crippen LogP contribution in [0.25, 0.3) is 10.9 Å². The average Bonchev–Trinajstić information content (AvgIpc) is 3.02. The van der Waals surface area contributed by atoms with Crippen LogP contribution in [0.4, 0.5) is 0 Å². The number of nitrogens with zero attached hydrogens (tertiary/aromatic N) is 1. The fourth-order valence-corrected chi connectivity index (χ4v) is 4.79. The molecule has 3 aromatic rings. The molecule has 0 radical (unpaired) electrons. The van der Waals surface area contributed by atoms with E-state index in [4.69, 9.17) is 4.74 Å².